The van der Waals surface area contributed by atoms with Crippen LogP contribution in [0, 0.1) is 19.8 Å². The van der Waals surface area contributed by atoms with Gasteiger partial charge in [0.15, 0.2) is 0 Å². The van der Waals surface area contributed by atoms with Crippen LogP contribution in [-0.4, -0.2) is 29.8 Å². The van der Waals surface area contributed by atoms with Gasteiger partial charge in [-0.05, 0) is 67.1 Å². The number of rotatable bonds is 7. The lowest BCUT2D eigenvalue weighted by Gasteiger charge is -2.18. The molecule has 1 saturated carbocycles. The Morgan fingerprint density at radius 1 is 1.06 bits per heavy atom. The number of hydrogen-bond donors (Lipinski definition) is 2. The van der Waals surface area contributed by atoms with Gasteiger partial charge in [0.05, 0.1) is 30.2 Å². The van der Waals surface area contributed by atoms with E-state index in [9.17, 15) is 35.9 Å². The fraction of sp³-hybridized carbons (Fsp3) is 0.391. The summed E-state index contributed by atoms with van der Waals surface area (Å²) in [5.41, 5.74) is -0.557. The van der Waals surface area contributed by atoms with Crippen molar-refractivity contribution in [3.05, 3.63) is 58.1 Å². The molecule has 0 aliphatic heterocycles. The van der Waals surface area contributed by atoms with E-state index < -0.39 is 60.3 Å². The first kappa shape index (κ1) is 25.4. The summed E-state index contributed by atoms with van der Waals surface area (Å²) in [6.45, 7) is 2.36. The number of ether oxygens (including phenoxy) is 1. The summed E-state index contributed by atoms with van der Waals surface area (Å²) in [6.07, 6.45) is -10.0. The van der Waals surface area contributed by atoms with E-state index in [0.717, 1.165) is 12.1 Å². The van der Waals surface area contributed by atoms with Crippen LogP contribution in [-0.2, 0) is 11.0 Å². The second-order valence-corrected chi connectivity index (χ2v) is 8.19. The molecule has 0 bridgehead atoms. The third-order valence-corrected chi connectivity index (χ3v) is 5.52. The molecule has 0 aromatic heterocycles. The number of nitrogens with one attached hydrogen (secondary N) is 1. The molecule has 2 N–H and O–H groups in total. The van der Waals surface area contributed by atoms with Gasteiger partial charge >= 0.3 is 18.3 Å². The Labute approximate surface area is 190 Å². The first-order chi connectivity index (χ1) is 15.7. The molecule has 2 aromatic rings. The van der Waals surface area contributed by atoms with Crippen LogP contribution in [0.2, 0.25) is 0 Å². The molecule has 34 heavy (non-hydrogen) atoms. The maximum absolute atomic E-state index is 13.5. The van der Waals surface area contributed by atoms with E-state index >= 15 is 0 Å². The lowest BCUT2D eigenvalue weighted by molar-refractivity contribution is -0.140. The lowest BCUT2D eigenvalue weighted by Crippen LogP contribution is -2.19. The van der Waals surface area contributed by atoms with Crippen molar-refractivity contribution in [1.82, 2.24) is 0 Å². The minimum Gasteiger partial charge on any atom is -0.493 e. The zero-order valence-electron chi connectivity index (χ0n) is 18.1. The highest BCUT2D eigenvalue weighted by atomic mass is 19.4. The Morgan fingerprint density at radius 3 is 2.18 bits per heavy atom. The second kappa shape index (κ2) is 9.19. The maximum atomic E-state index is 13.5. The Morgan fingerprint density at radius 2 is 1.68 bits per heavy atom. The molecule has 1 fully saturated rings. The summed E-state index contributed by atoms with van der Waals surface area (Å²) in [4.78, 5) is 24.0. The van der Waals surface area contributed by atoms with Crippen LogP contribution in [0.4, 0.5) is 32.0 Å². The predicted octanol–water partition coefficient (Wildman–Crippen LogP) is 6.09. The quantitative estimate of drug-likeness (QED) is 0.462. The van der Waals surface area contributed by atoms with Gasteiger partial charge in [-0.25, -0.2) is 0 Å². The summed E-state index contributed by atoms with van der Waals surface area (Å²) in [6, 6.07) is 5.81. The Balaban J connectivity index is 1.85. The molecular weight excluding hydrogens is 468 g/mol. The van der Waals surface area contributed by atoms with Crippen LogP contribution >= 0.6 is 0 Å². The molecule has 1 aliphatic carbocycles. The highest BCUT2D eigenvalue weighted by molar-refractivity contribution is 6.07. The van der Waals surface area contributed by atoms with E-state index in [1.54, 1.807) is 0 Å². The molecule has 3 rings (SSSR count). The summed E-state index contributed by atoms with van der Waals surface area (Å²) in [7, 11) is 0. The first-order valence-electron chi connectivity index (χ1n) is 10.2. The van der Waals surface area contributed by atoms with Gasteiger partial charge in [-0.3, -0.25) is 9.59 Å². The summed E-state index contributed by atoms with van der Waals surface area (Å²) in [5, 5.41) is 11.4. The number of carboxylic acids is 1. The van der Waals surface area contributed by atoms with Gasteiger partial charge in [0.1, 0.15) is 5.75 Å². The fourth-order valence-corrected chi connectivity index (χ4v) is 3.81. The third kappa shape index (κ3) is 6.00. The molecule has 2 aromatic carbocycles. The van der Waals surface area contributed by atoms with Gasteiger partial charge in [0, 0.05) is 5.56 Å². The number of carboxylic acid groups (broad SMARTS) is 1. The zero-order valence-corrected chi connectivity index (χ0v) is 18.1. The third-order valence-electron chi connectivity index (χ3n) is 5.52. The SMILES string of the molecule is Cc1cc(OCCC(F)(F)F)cc(C)c1C(=O)Nc1cc([C@H]2C[C@H]2C(=O)O)ccc1C(F)(F)F. The zero-order chi connectivity index (χ0) is 25.4. The molecule has 1 aliphatic rings. The number of benzene rings is 2. The average molecular weight is 489 g/mol. The number of amides is 1. The Kier molecular flexibility index (Phi) is 6.86. The van der Waals surface area contributed by atoms with Crippen molar-refractivity contribution >= 4 is 17.6 Å². The number of hydrogen-bond acceptors (Lipinski definition) is 3. The molecule has 0 radical (unpaired) electrons. The van der Waals surface area contributed by atoms with Gasteiger partial charge in [0.25, 0.3) is 5.91 Å². The molecule has 5 nitrogen and oxygen atoms in total. The largest absolute Gasteiger partial charge is 0.493 e. The summed E-state index contributed by atoms with van der Waals surface area (Å²) < 4.78 is 82.6. The topological polar surface area (TPSA) is 75.6 Å². The molecule has 2 atom stereocenters. The number of carbonyl (C=O) groups is 2. The number of anilines is 1. The van der Waals surface area contributed by atoms with Crippen LogP contribution in [0.1, 0.15) is 51.4 Å². The van der Waals surface area contributed by atoms with Crippen molar-refractivity contribution in [3.8, 4) is 5.75 Å². The van der Waals surface area contributed by atoms with E-state index in [2.05, 4.69) is 5.32 Å². The van der Waals surface area contributed by atoms with Crippen molar-refractivity contribution < 1.29 is 45.8 Å². The molecule has 184 valence electrons. The van der Waals surface area contributed by atoms with Gasteiger partial charge in [-0.15, -0.1) is 0 Å². The van der Waals surface area contributed by atoms with Gasteiger partial charge in [-0.2, -0.15) is 26.3 Å². The monoisotopic (exact) mass is 489 g/mol. The number of alkyl halides is 6. The first-order valence-corrected chi connectivity index (χ1v) is 10.2. The van der Waals surface area contributed by atoms with Crippen LogP contribution in [0.25, 0.3) is 0 Å². The maximum Gasteiger partial charge on any atom is 0.418 e. The summed E-state index contributed by atoms with van der Waals surface area (Å²) in [5.74, 6) is -2.91. The van der Waals surface area contributed by atoms with Gasteiger partial charge in [-0.1, -0.05) is 6.07 Å². The standard InChI is InChI=1S/C23H21F6NO4/c1-11-7-14(34-6-5-22(24,25)26)8-12(2)19(11)20(31)30-18-9-13(15-10-16(15)21(32)33)3-4-17(18)23(27,28)29/h3-4,7-9,15-16H,5-6,10H2,1-2H3,(H,30,31)(H,32,33)/t15-,16-/m1/s1. The highest BCUT2D eigenvalue weighted by Gasteiger charge is 2.45. The predicted molar refractivity (Wildman–Crippen MR) is 110 cm³/mol. The van der Waals surface area contributed by atoms with Crippen molar-refractivity contribution in [2.75, 3.05) is 11.9 Å². The van der Waals surface area contributed by atoms with E-state index in [4.69, 9.17) is 9.84 Å². The smallest absolute Gasteiger partial charge is 0.418 e. The summed E-state index contributed by atoms with van der Waals surface area (Å²) >= 11 is 0. The van der Waals surface area contributed by atoms with Crippen LogP contribution < -0.4 is 10.1 Å². The lowest BCUT2D eigenvalue weighted by atomic mass is 10.00. The van der Waals surface area contributed by atoms with Crippen molar-refractivity contribution in [3.63, 3.8) is 0 Å². The molecule has 0 heterocycles. The van der Waals surface area contributed by atoms with Gasteiger partial charge < -0.3 is 15.2 Å². The van der Waals surface area contributed by atoms with Gasteiger partial charge in [0.2, 0.25) is 0 Å². The van der Waals surface area contributed by atoms with E-state index in [1.165, 1.54) is 32.0 Å². The fourth-order valence-electron chi connectivity index (χ4n) is 3.81. The normalized spacial score (nSPS) is 17.9. The van der Waals surface area contributed by atoms with Crippen molar-refractivity contribution in [2.24, 2.45) is 5.92 Å². The molecule has 11 heteroatoms. The van der Waals surface area contributed by atoms with Crippen LogP contribution in [0.5, 0.6) is 5.75 Å². The average Bonchev–Trinajstić information content (AvgIpc) is 3.46. The van der Waals surface area contributed by atoms with Crippen LogP contribution in [0.15, 0.2) is 30.3 Å². The van der Waals surface area contributed by atoms with Crippen molar-refractivity contribution in [2.45, 2.75) is 45.0 Å². The Hall–Kier alpha value is -3.24. The number of carbonyl (C=O) groups excluding carboxylic acids is 1. The molecule has 0 unspecified atom stereocenters. The van der Waals surface area contributed by atoms with E-state index in [-0.39, 0.29) is 11.3 Å². The molecule has 0 saturated heterocycles. The molecular formula is C23H21F6NO4. The number of aryl methyl sites for hydroxylation is 2. The second-order valence-electron chi connectivity index (χ2n) is 8.19. The van der Waals surface area contributed by atoms with Crippen molar-refractivity contribution in [1.29, 1.82) is 0 Å². The molecule has 0 spiro atoms. The number of halogens is 6. The van der Waals surface area contributed by atoms with E-state index in [0.29, 0.717) is 23.1 Å². The number of aliphatic carboxylic acids is 1. The minimum atomic E-state index is -4.77. The van der Waals surface area contributed by atoms with E-state index in [1.807, 2.05) is 0 Å². The van der Waals surface area contributed by atoms with Crippen LogP contribution in [0.3, 0.4) is 0 Å². The highest BCUT2D eigenvalue weighted by Crippen LogP contribution is 2.49. The Bertz CT molecular complexity index is 1090. The molecule has 1 amide bonds. The minimum absolute atomic E-state index is 0.0523.